The summed E-state index contributed by atoms with van der Waals surface area (Å²) in [6.07, 6.45) is 2.96. The minimum atomic E-state index is -0.135. The van der Waals surface area contributed by atoms with Crippen molar-refractivity contribution in [3.63, 3.8) is 0 Å². The van der Waals surface area contributed by atoms with E-state index in [1.807, 2.05) is 21.6 Å². The molecule has 28 heavy (non-hydrogen) atoms. The number of hydrogen-bond acceptors (Lipinski definition) is 5. The number of hydrogen-bond donors (Lipinski definition) is 0. The number of likely N-dealkylation sites (tertiary alicyclic amines) is 1. The predicted octanol–water partition coefficient (Wildman–Crippen LogP) is 1.40. The third-order valence-electron chi connectivity index (χ3n) is 6.14. The Hall–Kier alpha value is -2.35. The van der Waals surface area contributed by atoms with Crippen LogP contribution in [0, 0.1) is 12.8 Å². The minimum Gasteiger partial charge on any atom is -0.342 e. The Morgan fingerprint density at radius 3 is 2.96 bits per heavy atom. The second-order valence-corrected chi connectivity index (χ2v) is 9.05. The molecule has 3 aliphatic heterocycles. The Kier molecular flexibility index (Phi) is 4.19. The number of aromatic nitrogens is 3. The lowest BCUT2D eigenvalue weighted by atomic mass is 9.83. The third kappa shape index (κ3) is 2.82. The molecule has 1 amide bonds. The molecule has 3 atom stereocenters. The van der Waals surface area contributed by atoms with Gasteiger partial charge in [0.15, 0.2) is 5.16 Å². The van der Waals surface area contributed by atoms with Crippen LogP contribution in [-0.4, -0.2) is 43.8 Å². The number of piperidine rings is 1. The first-order valence-electron chi connectivity index (χ1n) is 9.69. The normalized spacial score (nSPS) is 25.3. The molecule has 0 aliphatic carbocycles. The standard InChI is InChI=1S/C20H22N4O3S/c1-12-7-21-20-24(19(12)27)15(11-28-20)6-18(26)22-8-13-5-14(10-22)16-3-2-4-17(25)23(16)9-13/h2-4,7,13-15H,5-6,8-11H2,1H3. The molecule has 5 rings (SSSR count). The van der Waals surface area contributed by atoms with Gasteiger partial charge in [-0.2, -0.15) is 0 Å². The predicted molar refractivity (Wildman–Crippen MR) is 106 cm³/mol. The molecule has 1 saturated heterocycles. The molecule has 0 radical (unpaired) electrons. The second kappa shape index (κ2) is 6.62. The molecule has 0 saturated carbocycles. The molecular weight excluding hydrogens is 376 g/mol. The number of aryl methyl sites for hydroxylation is 1. The van der Waals surface area contributed by atoms with Gasteiger partial charge >= 0.3 is 0 Å². The molecule has 146 valence electrons. The summed E-state index contributed by atoms with van der Waals surface area (Å²) in [7, 11) is 0. The van der Waals surface area contributed by atoms with E-state index in [1.165, 1.54) is 11.8 Å². The first-order chi connectivity index (χ1) is 13.5. The highest BCUT2D eigenvalue weighted by Gasteiger charge is 2.37. The second-order valence-electron chi connectivity index (χ2n) is 8.06. The van der Waals surface area contributed by atoms with Crippen LogP contribution >= 0.6 is 11.8 Å². The maximum atomic E-state index is 13.1. The van der Waals surface area contributed by atoms with Gasteiger partial charge in [0.2, 0.25) is 5.91 Å². The SMILES string of the molecule is Cc1cnc2n(c1=O)C(CC(=O)N1CC3CC(C1)c1cccc(=O)n1C3)CS2. The summed E-state index contributed by atoms with van der Waals surface area (Å²) in [6, 6.07) is 5.29. The van der Waals surface area contributed by atoms with Gasteiger partial charge in [-0.1, -0.05) is 17.8 Å². The molecule has 7 nitrogen and oxygen atoms in total. The highest BCUT2D eigenvalue weighted by atomic mass is 32.2. The fourth-order valence-corrected chi connectivity index (χ4v) is 5.91. The van der Waals surface area contributed by atoms with Crippen LogP contribution in [0.15, 0.2) is 39.1 Å². The molecule has 0 N–H and O–H groups in total. The van der Waals surface area contributed by atoms with Gasteiger partial charge in [0.05, 0.1) is 6.04 Å². The Bertz CT molecular complexity index is 1080. The quantitative estimate of drug-likeness (QED) is 0.715. The third-order valence-corrected chi connectivity index (χ3v) is 7.26. The van der Waals surface area contributed by atoms with Crippen molar-refractivity contribution in [3.05, 3.63) is 56.4 Å². The van der Waals surface area contributed by atoms with Crippen LogP contribution in [0.2, 0.25) is 0 Å². The Morgan fingerprint density at radius 1 is 1.25 bits per heavy atom. The van der Waals surface area contributed by atoms with Crippen molar-refractivity contribution in [2.45, 2.75) is 43.4 Å². The van der Waals surface area contributed by atoms with Crippen molar-refractivity contribution in [1.29, 1.82) is 0 Å². The van der Waals surface area contributed by atoms with Crippen LogP contribution in [0.4, 0.5) is 0 Å². The smallest absolute Gasteiger partial charge is 0.257 e. The van der Waals surface area contributed by atoms with Crippen LogP contribution in [0.1, 0.15) is 36.1 Å². The average Bonchev–Trinajstić information content (AvgIpc) is 3.09. The number of carbonyl (C=O) groups excluding carboxylic acids is 1. The van der Waals surface area contributed by atoms with Crippen LogP contribution in [0.3, 0.4) is 0 Å². The summed E-state index contributed by atoms with van der Waals surface area (Å²) in [5.41, 5.74) is 1.66. The van der Waals surface area contributed by atoms with Crippen molar-refractivity contribution < 1.29 is 4.79 Å². The number of amides is 1. The van der Waals surface area contributed by atoms with E-state index in [-0.39, 0.29) is 29.0 Å². The maximum Gasteiger partial charge on any atom is 0.257 e. The van der Waals surface area contributed by atoms with Gasteiger partial charge in [-0.25, -0.2) is 4.98 Å². The molecule has 2 aromatic heterocycles. The van der Waals surface area contributed by atoms with Gasteiger partial charge in [0.25, 0.3) is 11.1 Å². The van der Waals surface area contributed by atoms with Crippen molar-refractivity contribution in [1.82, 2.24) is 19.0 Å². The monoisotopic (exact) mass is 398 g/mol. The van der Waals surface area contributed by atoms with Gasteiger partial charge in [-0.3, -0.25) is 19.0 Å². The van der Waals surface area contributed by atoms with Gasteiger partial charge in [-0.05, 0) is 25.3 Å². The van der Waals surface area contributed by atoms with E-state index < -0.39 is 0 Å². The van der Waals surface area contributed by atoms with Crippen LogP contribution < -0.4 is 11.1 Å². The summed E-state index contributed by atoms with van der Waals surface area (Å²) >= 11 is 1.54. The summed E-state index contributed by atoms with van der Waals surface area (Å²) in [5, 5.41) is 0.706. The number of rotatable bonds is 2. The summed E-state index contributed by atoms with van der Waals surface area (Å²) in [6.45, 7) is 3.77. The lowest BCUT2D eigenvalue weighted by Crippen LogP contribution is -2.49. The summed E-state index contributed by atoms with van der Waals surface area (Å²) in [4.78, 5) is 44.0. The number of thioether (sulfide) groups is 1. The molecule has 0 aromatic carbocycles. The van der Waals surface area contributed by atoms with Gasteiger partial charge in [-0.15, -0.1) is 0 Å². The Balaban J connectivity index is 1.36. The largest absolute Gasteiger partial charge is 0.342 e. The van der Waals surface area contributed by atoms with Gasteiger partial charge < -0.3 is 9.47 Å². The molecule has 2 aromatic rings. The number of carbonyl (C=O) groups is 1. The number of fused-ring (bicyclic) bond motifs is 5. The summed E-state index contributed by atoms with van der Waals surface area (Å²) in [5.74, 6) is 1.32. The van der Waals surface area contributed by atoms with E-state index in [1.54, 1.807) is 23.8 Å². The zero-order valence-electron chi connectivity index (χ0n) is 15.7. The summed E-state index contributed by atoms with van der Waals surface area (Å²) < 4.78 is 3.57. The van der Waals surface area contributed by atoms with Gasteiger partial charge in [0.1, 0.15) is 0 Å². The molecular formula is C20H22N4O3S. The lowest BCUT2D eigenvalue weighted by molar-refractivity contribution is -0.134. The topological polar surface area (TPSA) is 77.2 Å². The zero-order chi connectivity index (χ0) is 19.4. The first-order valence-corrected chi connectivity index (χ1v) is 10.7. The van der Waals surface area contributed by atoms with Crippen LogP contribution in [0.25, 0.3) is 0 Å². The van der Waals surface area contributed by atoms with E-state index in [0.717, 1.165) is 12.1 Å². The van der Waals surface area contributed by atoms with Crippen molar-refractivity contribution in [2.75, 3.05) is 18.8 Å². The average molecular weight is 398 g/mol. The molecule has 3 aliphatic rings. The molecule has 0 spiro atoms. The number of nitrogens with zero attached hydrogens (tertiary/aromatic N) is 4. The van der Waals surface area contributed by atoms with E-state index in [2.05, 4.69) is 4.98 Å². The molecule has 2 bridgehead atoms. The van der Waals surface area contributed by atoms with Crippen molar-refractivity contribution in [3.8, 4) is 0 Å². The van der Waals surface area contributed by atoms with E-state index in [9.17, 15) is 14.4 Å². The minimum absolute atomic E-state index is 0.0448. The van der Waals surface area contributed by atoms with E-state index >= 15 is 0 Å². The fourth-order valence-electron chi connectivity index (χ4n) is 4.80. The zero-order valence-corrected chi connectivity index (χ0v) is 16.5. The Morgan fingerprint density at radius 2 is 2.11 bits per heavy atom. The van der Waals surface area contributed by atoms with Crippen molar-refractivity contribution in [2.24, 2.45) is 5.92 Å². The van der Waals surface area contributed by atoms with E-state index in [4.69, 9.17) is 0 Å². The fraction of sp³-hybridized carbons (Fsp3) is 0.500. The molecule has 5 heterocycles. The van der Waals surface area contributed by atoms with Crippen LogP contribution in [-0.2, 0) is 11.3 Å². The molecule has 1 fully saturated rings. The van der Waals surface area contributed by atoms with E-state index in [0.29, 0.717) is 48.4 Å². The molecule has 8 heteroatoms. The van der Waals surface area contributed by atoms with Crippen molar-refractivity contribution >= 4 is 17.7 Å². The van der Waals surface area contributed by atoms with Crippen LogP contribution in [0.5, 0.6) is 0 Å². The lowest BCUT2D eigenvalue weighted by Gasteiger charge is -2.43. The maximum absolute atomic E-state index is 13.1. The highest BCUT2D eigenvalue weighted by molar-refractivity contribution is 7.99. The molecule has 3 unspecified atom stereocenters. The van der Waals surface area contributed by atoms with Gasteiger partial charge in [0, 0.05) is 61.2 Å². The Labute approximate surface area is 166 Å². The highest BCUT2D eigenvalue weighted by Crippen LogP contribution is 2.37. The number of pyridine rings is 1. The first kappa shape index (κ1) is 17.7.